The predicted molar refractivity (Wildman–Crippen MR) is 57.1 cm³/mol. The van der Waals surface area contributed by atoms with Crippen molar-refractivity contribution >= 4 is 11.3 Å². The van der Waals surface area contributed by atoms with Crippen LogP contribution in [0.15, 0.2) is 5.38 Å². The number of thiazole rings is 1. The normalized spacial score (nSPS) is 13.2. The highest BCUT2D eigenvalue weighted by atomic mass is 32.1. The molecule has 3 nitrogen and oxygen atoms in total. The minimum Gasteiger partial charge on any atom is -0.329 e. The molecule has 0 aromatic carbocycles. The summed E-state index contributed by atoms with van der Waals surface area (Å²) in [6.45, 7) is 5.77. The average Bonchev–Trinajstić information content (AvgIpc) is 2.51. The van der Waals surface area contributed by atoms with Gasteiger partial charge in [-0.3, -0.25) is 0 Å². The van der Waals surface area contributed by atoms with Gasteiger partial charge in [-0.15, -0.1) is 11.3 Å². The summed E-state index contributed by atoms with van der Waals surface area (Å²) in [5.74, 6) is 0. The topological polar surface area (TPSA) is 50.9 Å². The van der Waals surface area contributed by atoms with Gasteiger partial charge in [0.2, 0.25) is 0 Å². The first-order chi connectivity index (χ1) is 6.22. The Kier molecular flexibility index (Phi) is 4.35. The Morgan fingerprint density at radius 1 is 1.69 bits per heavy atom. The van der Waals surface area contributed by atoms with Gasteiger partial charge in [0.05, 0.1) is 5.01 Å². The van der Waals surface area contributed by atoms with Gasteiger partial charge in [0.1, 0.15) is 0 Å². The van der Waals surface area contributed by atoms with Gasteiger partial charge in [-0.25, -0.2) is 4.98 Å². The Balaban J connectivity index is 2.20. The molecule has 1 atom stereocenters. The molecule has 74 valence electrons. The molecular formula is C9H17N3S. The molecule has 0 aliphatic rings. The fraction of sp³-hybridized carbons (Fsp3) is 0.667. The van der Waals surface area contributed by atoms with E-state index < -0.39 is 0 Å². The molecule has 0 saturated carbocycles. The van der Waals surface area contributed by atoms with Crippen LogP contribution in [0.1, 0.15) is 17.6 Å². The standard InChI is InChI=1S/C9H17N3S/c1-7(5-10)11-4-3-9-12-8(2)6-13-9/h6-7,11H,3-5,10H2,1-2H3. The lowest BCUT2D eigenvalue weighted by molar-refractivity contribution is 0.558. The lowest BCUT2D eigenvalue weighted by atomic mass is 10.3. The van der Waals surface area contributed by atoms with Crippen molar-refractivity contribution in [2.24, 2.45) is 5.73 Å². The van der Waals surface area contributed by atoms with Crippen LogP contribution in [-0.2, 0) is 6.42 Å². The third-order valence-corrected chi connectivity index (χ3v) is 2.88. The summed E-state index contributed by atoms with van der Waals surface area (Å²) in [5.41, 5.74) is 6.60. The van der Waals surface area contributed by atoms with Gasteiger partial charge in [-0.2, -0.15) is 0 Å². The van der Waals surface area contributed by atoms with E-state index in [0.717, 1.165) is 18.7 Å². The van der Waals surface area contributed by atoms with Crippen LogP contribution in [0.25, 0.3) is 0 Å². The molecule has 1 heterocycles. The first-order valence-corrected chi connectivity index (χ1v) is 5.44. The van der Waals surface area contributed by atoms with E-state index in [9.17, 15) is 0 Å². The van der Waals surface area contributed by atoms with Gasteiger partial charge in [-0.05, 0) is 13.8 Å². The van der Waals surface area contributed by atoms with Crippen LogP contribution < -0.4 is 11.1 Å². The molecule has 0 amide bonds. The number of hydrogen-bond acceptors (Lipinski definition) is 4. The van der Waals surface area contributed by atoms with E-state index in [1.165, 1.54) is 5.01 Å². The van der Waals surface area contributed by atoms with Crippen molar-refractivity contribution in [1.82, 2.24) is 10.3 Å². The zero-order chi connectivity index (χ0) is 9.68. The first-order valence-electron chi connectivity index (χ1n) is 4.57. The van der Waals surface area contributed by atoms with E-state index in [2.05, 4.69) is 22.6 Å². The Bertz CT molecular complexity index is 247. The third kappa shape index (κ3) is 3.85. The molecule has 1 aromatic heterocycles. The van der Waals surface area contributed by atoms with Crippen LogP contribution in [0.4, 0.5) is 0 Å². The molecule has 0 bridgehead atoms. The summed E-state index contributed by atoms with van der Waals surface area (Å²) in [6, 6.07) is 0.404. The van der Waals surface area contributed by atoms with Crippen molar-refractivity contribution in [2.45, 2.75) is 26.3 Å². The van der Waals surface area contributed by atoms with Gasteiger partial charge < -0.3 is 11.1 Å². The average molecular weight is 199 g/mol. The van der Waals surface area contributed by atoms with Crippen molar-refractivity contribution in [3.8, 4) is 0 Å². The molecule has 0 saturated heterocycles. The molecule has 1 aromatic rings. The number of aryl methyl sites for hydroxylation is 1. The summed E-state index contributed by atoms with van der Waals surface area (Å²) in [7, 11) is 0. The molecule has 0 aliphatic carbocycles. The minimum atomic E-state index is 0.404. The molecule has 1 unspecified atom stereocenters. The third-order valence-electron chi connectivity index (χ3n) is 1.85. The smallest absolute Gasteiger partial charge is 0.0940 e. The number of rotatable bonds is 5. The molecule has 13 heavy (non-hydrogen) atoms. The predicted octanol–water partition coefficient (Wildman–Crippen LogP) is 0.931. The Hall–Kier alpha value is -0.450. The SMILES string of the molecule is Cc1csc(CCNC(C)CN)n1. The zero-order valence-electron chi connectivity index (χ0n) is 8.21. The van der Waals surface area contributed by atoms with Crippen LogP contribution in [0, 0.1) is 6.92 Å². The second-order valence-electron chi connectivity index (χ2n) is 3.22. The minimum absolute atomic E-state index is 0.404. The van der Waals surface area contributed by atoms with Gasteiger partial charge in [0, 0.05) is 36.6 Å². The van der Waals surface area contributed by atoms with Crippen molar-refractivity contribution in [3.63, 3.8) is 0 Å². The van der Waals surface area contributed by atoms with E-state index in [-0.39, 0.29) is 0 Å². The Labute approximate surface area is 83.4 Å². The highest BCUT2D eigenvalue weighted by Gasteiger charge is 2.00. The van der Waals surface area contributed by atoms with E-state index in [1.54, 1.807) is 11.3 Å². The van der Waals surface area contributed by atoms with Crippen molar-refractivity contribution in [1.29, 1.82) is 0 Å². The van der Waals surface area contributed by atoms with Gasteiger partial charge in [0.25, 0.3) is 0 Å². The summed E-state index contributed by atoms with van der Waals surface area (Å²) in [5, 5.41) is 6.62. The van der Waals surface area contributed by atoms with Gasteiger partial charge >= 0.3 is 0 Å². The fourth-order valence-corrected chi connectivity index (χ4v) is 1.80. The number of nitrogens with zero attached hydrogens (tertiary/aromatic N) is 1. The molecule has 0 radical (unpaired) electrons. The van der Waals surface area contributed by atoms with E-state index in [1.807, 2.05) is 6.92 Å². The van der Waals surface area contributed by atoms with Crippen LogP contribution in [-0.4, -0.2) is 24.1 Å². The molecule has 3 N–H and O–H groups in total. The first kappa shape index (κ1) is 10.6. The number of nitrogens with one attached hydrogen (secondary N) is 1. The summed E-state index contributed by atoms with van der Waals surface area (Å²) in [4.78, 5) is 4.38. The van der Waals surface area contributed by atoms with Crippen LogP contribution in [0.3, 0.4) is 0 Å². The maximum atomic E-state index is 5.48. The number of aromatic nitrogens is 1. The lowest BCUT2D eigenvalue weighted by Crippen LogP contribution is -2.34. The molecule has 0 fully saturated rings. The second kappa shape index (κ2) is 5.32. The van der Waals surface area contributed by atoms with Gasteiger partial charge in [-0.1, -0.05) is 0 Å². The quantitative estimate of drug-likeness (QED) is 0.742. The van der Waals surface area contributed by atoms with Crippen molar-refractivity contribution in [2.75, 3.05) is 13.1 Å². The van der Waals surface area contributed by atoms with E-state index >= 15 is 0 Å². The number of nitrogens with two attached hydrogens (primary N) is 1. The van der Waals surface area contributed by atoms with Gasteiger partial charge in [0.15, 0.2) is 0 Å². The molecular weight excluding hydrogens is 182 g/mol. The summed E-state index contributed by atoms with van der Waals surface area (Å²) < 4.78 is 0. The van der Waals surface area contributed by atoms with Crippen molar-refractivity contribution in [3.05, 3.63) is 16.1 Å². The zero-order valence-corrected chi connectivity index (χ0v) is 9.03. The fourth-order valence-electron chi connectivity index (χ4n) is 1.03. The maximum absolute atomic E-state index is 5.48. The maximum Gasteiger partial charge on any atom is 0.0940 e. The van der Waals surface area contributed by atoms with Crippen LogP contribution in [0.5, 0.6) is 0 Å². The van der Waals surface area contributed by atoms with E-state index in [0.29, 0.717) is 12.6 Å². The highest BCUT2D eigenvalue weighted by Crippen LogP contribution is 2.08. The summed E-state index contributed by atoms with van der Waals surface area (Å²) >= 11 is 1.73. The van der Waals surface area contributed by atoms with E-state index in [4.69, 9.17) is 5.73 Å². The molecule has 4 heteroatoms. The lowest BCUT2D eigenvalue weighted by Gasteiger charge is -2.09. The molecule has 0 spiro atoms. The largest absolute Gasteiger partial charge is 0.329 e. The van der Waals surface area contributed by atoms with Crippen LogP contribution >= 0.6 is 11.3 Å². The number of hydrogen-bond donors (Lipinski definition) is 2. The van der Waals surface area contributed by atoms with Crippen LogP contribution in [0.2, 0.25) is 0 Å². The summed E-state index contributed by atoms with van der Waals surface area (Å²) in [6.07, 6.45) is 1.00. The Morgan fingerprint density at radius 2 is 2.46 bits per heavy atom. The second-order valence-corrected chi connectivity index (χ2v) is 4.17. The highest BCUT2D eigenvalue weighted by molar-refractivity contribution is 7.09. The monoisotopic (exact) mass is 199 g/mol. The van der Waals surface area contributed by atoms with Crippen molar-refractivity contribution < 1.29 is 0 Å². The molecule has 0 aliphatic heterocycles. The molecule has 1 rings (SSSR count). The Morgan fingerprint density at radius 3 is 3.00 bits per heavy atom.